The summed E-state index contributed by atoms with van der Waals surface area (Å²) in [6.07, 6.45) is 0. The average molecular weight is 381 g/mol. The normalized spacial score (nSPS) is 11.3. The number of hydrogen-bond acceptors (Lipinski definition) is 6. The molecule has 0 heterocycles. The summed E-state index contributed by atoms with van der Waals surface area (Å²) in [5.74, 6) is 1.86. The average Bonchev–Trinajstić information content (AvgIpc) is 2.66. The molecule has 2 aromatic carbocycles. The SMILES string of the molecule is COc1ccc(S(=O)(=O)N(C)Cc2cccc(OC)c2OC)cc1OC. The van der Waals surface area contributed by atoms with Gasteiger partial charge in [0.15, 0.2) is 23.0 Å². The third-order valence-electron chi connectivity index (χ3n) is 3.94. The number of nitrogens with zero attached hydrogens (tertiary/aromatic N) is 1. The van der Waals surface area contributed by atoms with E-state index in [1.54, 1.807) is 24.3 Å². The molecule has 2 aromatic rings. The zero-order valence-corrected chi connectivity index (χ0v) is 16.3. The first-order valence-corrected chi connectivity index (χ1v) is 9.21. The van der Waals surface area contributed by atoms with Gasteiger partial charge in [0.2, 0.25) is 10.0 Å². The number of hydrogen-bond donors (Lipinski definition) is 0. The van der Waals surface area contributed by atoms with Crippen LogP contribution in [0.1, 0.15) is 5.56 Å². The maximum absolute atomic E-state index is 12.9. The van der Waals surface area contributed by atoms with E-state index >= 15 is 0 Å². The fraction of sp³-hybridized carbons (Fsp3) is 0.333. The van der Waals surface area contributed by atoms with Crippen LogP contribution in [-0.4, -0.2) is 48.2 Å². The minimum atomic E-state index is -3.74. The van der Waals surface area contributed by atoms with E-state index in [0.29, 0.717) is 28.6 Å². The van der Waals surface area contributed by atoms with Gasteiger partial charge in [-0.15, -0.1) is 0 Å². The second-order valence-electron chi connectivity index (χ2n) is 5.43. The molecule has 0 unspecified atom stereocenters. The zero-order valence-electron chi connectivity index (χ0n) is 15.5. The fourth-order valence-corrected chi connectivity index (χ4v) is 3.72. The minimum Gasteiger partial charge on any atom is -0.493 e. The first-order valence-electron chi connectivity index (χ1n) is 7.77. The predicted molar refractivity (Wildman–Crippen MR) is 97.7 cm³/mol. The number of methoxy groups -OCH3 is 4. The molecule has 8 heteroatoms. The van der Waals surface area contributed by atoms with Crippen molar-refractivity contribution in [1.29, 1.82) is 0 Å². The van der Waals surface area contributed by atoms with E-state index in [1.165, 1.54) is 51.9 Å². The van der Waals surface area contributed by atoms with Gasteiger partial charge in [0, 0.05) is 25.2 Å². The molecule has 0 aliphatic rings. The molecule has 0 aromatic heterocycles. The number of sulfonamides is 1. The molecule has 2 rings (SSSR count). The molecule has 0 fully saturated rings. The van der Waals surface area contributed by atoms with Gasteiger partial charge in [-0.2, -0.15) is 4.31 Å². The Bertz CT molecular complexity index is 866. The van der Waals surface area contributed by atoms with E-state index in [0.717, 1.165) is 0 Å². The van der Waals surface area contributed by atoms with Crippen molar-refractivity contribution in [3.8, 4) is 23.0 Å². The standard InChI is InChI=1S/C18H23NO6S/c1-19(12-13-7-6-8-16(23-3)18(13)25-5)26(20,21)14-9-10-15(22-2)17(11-14)24-4/h6-11H,12H2,1-5H3. The van der Waals surface area contributed by atoms with Crippen molar-refractivity contribution >= 4 is 10.0 Å². The van der Waals surface area contributed by atoms with Crippen LogP contribution in [0.15, 0.2) is 41.3 Å². The van der Waals surface area contributed by atoms with Crippen LogP contribution in [0.4, 0.5) is 0 Å². The van der Waals surface area contributed by atoms with Crippen LogP contribution >= 0.6 is 0 Å². The van der Waals surface area contributed by atoms with E-state index in [4.69, 9.17) is 18.9 Å². The highest BCUT2D eigenvalue weighted by Crippen LogP contribution is 2.33. The molecule has 0 radical (unpaired) electrons. The molecule has 0 amide bonds. The van der Waals surface area contributed by atoms with E-state index in [-0.39, 0.29) is 11.4 Å². The molecule has 142 valence electrons. The Balaban J connectivity index is 2.36. The molecule has 0 bridgehead atoms. The second-order valence-corrected chi connectivity index (χ2v) is 7.48. The molecule has 0 saturated carbocycles. The van der Waals surface area contributed by atoms with Gasteiger partial charge in [-0.25, -0.2) is 8.42 Å². The van der Waals surface area contributed by atoms with Crippen molar-refractivity contribution in [2.24, 2.45) is 0 Å². The summed E-state index contributed by atoms with van der Waals surface area (Å²) in [5, 5.41) is 0. The maximum atomic E-state index is 12.9. The molecule has 0 aliphatic carbocycles. The van der Waals surface area contributed by atoms with Gasteiger partial charge >= 0.3 is 0 Å². The molecular formula is C18H23NO6S. The number of ether oxygens (including phenoxy) is 4. The van der Waals surface area contributed by atoms with E-state index < -0.39 is 10.0 Å². The van der Waals surface area contributed by atoms with Crippen LogP contribution in [0, 0.1) is 0 Å². The summed E-state index contributed by atoms with van der Waals surface area (Å²) in [6, 6.07) is 9.82. The predicted octanol–water partition coefficient (Wildman–Crippen LogP) is 2.54. The summed E-state index contributed by atoms with van der Waals surface area (Å²) in [7, 11) is 3.77. The molecule has 0 saturated heterocycles. The highest BCUT2D eigenvalue weighted by molar-refractivity contribution is 7.89. The van der Waals surface area contributed by atoms with Crippen molar-refractivity contribution in [3.05, 3.63) is 42.0 Å². The van der Waals surface area contributed by atoms with E-state index in [9.17, 15) is 8.42 Å². The zero-order chi connectivity index (χ0) is 19.3. The molecule has 7 nitrogen and oxygen atoms in total. The molecule has 0 aliphatic heterocycles. The smallest absolute Gasteiger partial charge is 0.243 e. The fourth-order valence-electron chi connectivity index (χ4n) is 2.56. The van der Waals surface area contributed by atoms with Crippen LogP contribution < -0.4 is 18.9 Å². The Morgan fingerprint density at radius 2 is 1.50 bits per heavy atom. The molecular weight excluding hydrogens is 358 g/mol. The van der Waals surface area contributed by atoms with Crippen LogP contribution in [-0.2, 0) is 16.6 Å². The lowest BCUT2D eigenvalue weighted by atomic mass is 10.2. The first-order chi connectivity index (χ1) is 12.4. The monoisotopic (exact) mass is 381 g/mol. The van der Waals surface area contributed by atoms with Crippen molar-refractivity contribution < 1.29 is 27.4 Å². The Kier molecular flexibility index (Phi) is 6.33. The minimum absolute atomic E-state index is 0.111. The second kappa shape index (κ2) is 8.29. The van der Waals surface area contributed by atoms with Gasteiger partial charge in [0.1, 0.15) is 0 Å². The van der Waals surface area contributed by atoms with Crippen LogP contribution in [0.3, 0.4) is 0 Å². The molecule has 0 atom stereocenters. The number of para-hydroxylation sites is 1. The molecule has 26 heavy (non-hydrogen) atoms. The van der Waals surface area contributed by atoms with Crippen LogP contribution in [0.5, 0.6) is 23.0 Å². The number of benzene rings is 2. The van der Waals surface area contributed by atoms with Gasteiger partial charge in [-0.05, 0) is 18.2 Å². The Morgan fingerprint density at radius 3 is 2.08 bits per heavy atom. The quantitative estimate of drug-likeness (QED) is 0.700. The van der Waals surface area contributed by atoms with Gasteiger partial charge in [0.25, 0.3) is 0 Å². The van der Waals surface area contributed by atoms with Crippen molar-refractivity contribution in [2.75, 3.05) is 35.5 Å². The number of rotatable bonds is 8. The van der Waals surface area contributed by atoms with Crippen LogP contribution in [0.25, 0.3) is 0 Å². The Morgan fingerprint density at radius 1 is 0.846 bits per heavy atom. The lowest BCUT2D eigenvalue weighted by Crippen LogP contribution is -2.26. The largest absolute Gasteiger partial charge is 0.493 e. The lowest BCUT2D eigenvalue weighted by molar-refractivity contribution is 0.347. The molecule has 0 N–H and O–H groups in total. The lowest BCUT2D eigenvalue weighted by Gasteiger charge is -2.20. The Labute approximate surface area is 154 Å². The third kappa shape index (κ3) is 3.86. The van der Waals surface area contributed by atoms with Gasteiger partial charge in [0.05, 0.1) is 33.3 Å². The van der Waals surface area contributed by atoms with E-state index in [1.807, 2.05) is 0 Å². The topological polar surface area (TPSA) is 74.3 Å². The Hall–Kier alpha value is -2.45. The summed E-state index contributed by atoms with van der Waals surface area (Å²) >= 11 is 0. The van der Waals surface area contributed by atoms with Gasteiger partial charge in [-0.1, -0.05) is 12.1 Å². The van der Waals surface area contributed by atoms with Crippen molar-refractivity contribution in [1.82, 2.24) is 4.31 Å². The van der Waals surface area contributed by atoms with Crippen molar-refractivity contribution in [3.63, 3.8) is 0 Å². The van der Waals surface area contributed by atoms with E-state index in [2.05, 4.69) is 0 Å². The van der Waals surface area contributed by atoms with Crippen LogP contribution in [0.2, 0.25) is 0 Å². The first kappa shape index (κ1) is 19.9. The van der Waals surface area contributed by atoms with Crippen molar-refractivity contribution in [2.45, 2.75) is 11.4 Å². The maximum Gasteiger partial charge on any atom is 0.243 e. The summed E-state index contributed by atoms with van der Waals surface area (Å²) in [6.45, 7) is 0.122. The third-order valence-corrected chi connectivity index (χ3v) is 5.74. The summed E-state index contributed by atoms with van der Waals surface area (Å²) < 4.78 is 48.0. The van der Waals surface area contributed by atoms with Gasteiger partial charge in [-0.3, -0.25) is 0 Å². The molecule has 0 spiro atoms. The highest BCUT2D eigenvalue weighted by atomic mass is 32.2. The summed E-state index contributed by atoms with van der Waals surface area (Å²) in [5.41, 5.74) is 0.693. The highest BCUT2D eigenvalue weighted by Gasteiger charge is 2.24. The summed E-state index contributed by atoms with van der Waals surface area (Å²) in [4.78, 5) is 0.111. The van der Waals surface area contributed by atoms with Gasteiger partial charge < -0.3 is 18.9 Å².